The van der Waals surface area contributed by atoms with Gasteiger partial charge in [-0.2, -0.15) is 0 Å². The van der Waals surface area contributed by atoms with Crippen LogP contribution in [0.25, 0.3) is 0 Å². The average molecular weight is 268 g/mol. The summed E-state index contributed by atoms with van der Waals surface area (Å²) in [5.41, 5.74) is 5.54. The lowest BCUT2D eigenvalue weighted by atomic mass is 10.0. The highest BCUT2D eigenvalue weighted by Crippen LogP contribution is 2.41. The number of hydrogen-bond donors (Lipinski definition) is 2. The van der Waals surface area contributed by atoms with E-state index in [1.165, 1.54) is 6.07 Å². The van der Waals surface area contributed by atoms with Crippen LogP contribution in [-0.2, 0) is 0 Å². The lowest BCUT2D eigenvalue weighted by molar-refractivity contribution is -0.0715. The Morgan fingerprint density at radius 2 is 2.12 bits per heavy atom. The number of halogens is 3. The van der Waals surface area contributed by atoms with Gasteiger partial charge in [0.1, 0.15) is 12.6 Å². The molecular weight excluding hydrogens is 256 g/mol. The van der Waals surface area contributed by atoms with Gasteiger partial charge in [0.2, 0.25) is 6.79 Å². The topological polar surface area (TPSA) is 64.7 Å². The Kier molecular flexibility index (Phi) is 4.13. The molecule has 1 aromatic carbocycles. The summed E-state index contributed by atoms with van der Waals surface area (Å²) < 4.78 is 36.6. The molecule has 0 aromatic heterocycles. The van der Waals surface area contributed by atoms with Gasteiger partial charge in [0, 0.05) is 5.56 Å². The maximum absolute atomic E-state index is 13.2. The fourth-order valence-electron chi connectivity index (χ4n) is 1.52. The maximum atomic E-state index is 13.2. The first-order valence-corrected chi connectivity index (χ1v) is 4.69. The molecule has 0 saturated carbocycles. The molecule has 2 rings (SSSR count). The second kappa shape index (κ2) is 5.03. The third-order valence-corrected chi connectivity index (χ3v) is 2.43. The number of para-hydroxylation sites is 1. The summed E-state index contributed by atoms with van der Waals surface area (Å²) in [7, 11) is 0. The van der Waals surface area contributed by atoms with Crippen LogP contribution >= 0.6 is 12.4 Å². The Morgan fingerprint density at radius 1 is 1.41 bits per heavy atom. The van der Waals surface area contributed by atoms with Gasteiger partial charge in [-0.25, -0.2) is 8.78 Å². The normalized spacial score (nSPS) is 15.3. The van der Waals surface area contributed by atoms with Crippen LogP contribution in [0.2, 0.25) is 0 Å². The zero-order valence-corrected chi connectivity index (χ0v) is 9.55. The van der Waals surface area contributed by atoms with Crippen molar-refractivity contribution in [3.63, 3.8) is 0 Å². The van der Waals surface area contributed by atoms with Crippen molar-refractivity contribution in [2.45, 2.75) is 12.0 Å². The predicted octanol–water partition coefficient (Wildman–Crippen LogP) is 1.46. The van der Waals surface area contributed by atoms with Crippen LogP contribution in [0.4, 0.5) is 8.78 Å². The van der Waals surface area contributed by atoms with E-state index >= 15 is 0 Å². The summed E-state index contributed by atoms with van der Waals surface area (Å²) in [5.74, 6) is -2.77. The average Bonchev–Trinajstić information content (AvgIpc) is 2.75. The number of rotatable bonds is 3. The first kappa shape index (κ1) is 14.0. The van der Waals surface area contributed by atoms with Gasteiger partial charge < -0.3 is 20.3 Å². The lowest BCUT2D eigenvalue weighted by Gasteiger charge is -2.22. The molecule has 1 heterocycles. The van der Waals surface area contributed by atoms with E-state index in [-0.39, 0.29) is 30.5 Å². The fraction of sp³-hybridized carbons (Fsp3) is 0.400. The highest BCUT2D eigenvalue weighted by molar-refractivity contribution is 5.85. The van der Waals surface area contributed by atoms with E-state index in [1.54, 1.807) is 12.1 Å². The van der Waals surface area contributed by atoms with E-state index in [4.69, 9.17) is 20.3 Å². The Hall–Kier alpha value is -1.11. The van der Waals surface area contributed by atoms with Gasteiger partial charge in [0.05, 0.1) is 0 Å². The molecule has 0 saturated heterocycles. The van der Waals surface area contributed by atoms with Gasteiger partial charge in [0.15, 0.2) is 11.5 Å². The van der Waals surface area contributed by atoms with E-state index in [1.807, 2.05) is 0 Å². The zero-order chi connectivity index (χ0) is 11.8. The molecule has 1 aliphatic rings. The Labute approximate surface area is 103 Å². The summed E-state index contributed by atoms with van der Waals surface area (Å²) in [4.78, 5) is 0. The van der Waals surface area contributed by atoms with Gasteiger partial charge in [-0.3, -0.25) is 0 Å². The molecule has 0 bridgehead atoms. The van der Waals surface area contributed by atoms with Crippen molar-refractivity contribution in [1.29, 1.82) is 0 Å². The minimum atomic E-state index is -3.39. The van der Waals surface area contributed by atoms with Crippen molar-refractivity contribution in [2.24, 2.45) is 5.73 Å². The largest absolute Gasteiger partial charge is 0.454 e. The van der Waals surface area contributed by atoms with Crippen LogP contribution in [0.15, 0.2) is 18.2 Å². The molecule has 0 fully saturated rings. The predicted molar refractivity (Wildman–Crippen MR) is 58.8 cm³/mol. The summed E-state index contributed by atoms with van der Waals surface area (Å²) in [5, 5.41) is 8.57. The Bertz CT molecular complexity index is 403. The molecule has 3 N–H and O–H groups in total. The van der Waals surface area contributed by atoms with E-state index < -0.39 is 18.6 Å². The number of benzene rings is 1. The minimum Gasteiger partial charge on any atom is -0.454 e. The second-order valence-corrected chi connectivity index (χ2v) is 3.48. The molecule has 0 radical (unpaired) electrons. The van der Waals surface area contributed by atoms with Crippen LogP contribution in [0.5, 0.6) is 11.5 Å². The standard InChI is InChI=1S/C10H11F2NO3.ClH/c11-10(12,4-14)9(13)6-2-1-3-7-8(6)16-5-15-7;/h1-3,9,14H,4-5,13H2;1H/t9-;/m1./s1. The van der Waals surface area contributed by atoms with Crippen molar-refractivity contribution in [2.75, 3.05) is 13.4 Å². The maximum Gasteiger partial charge on any atom is 0.289 e. The number of fused-ring (bicyclic) bond motifs is 1. The molecule has 0 aliphatic carbocycles. The van der Waals surface area contributed by atoms with Gasteiger partial charge >= 0.3 is 0 Å². The van der Waals surface area contributed by atoms with Crippen molar-refractivity contribution in [1.82, 2.24) is 0 Å². The summed E-state index contributed by atoms with van der Waals surface area (Å²) in [6.45, 7) is -1.32. The molecule has 1 aliphatic heterocycles. The van der Waals surface area contributed by atoms with Gasteiger partial charge in [-0.15, -0.1) is 12.4 Å². The Morgan fingerprint density at radius 3 is 2.76 bits per heavy atom. The van der Waals surface area contributed by atoms with Gasteiger partial charge in [-0.05, 0) is 6.07 Å². The van der Waals surface area contributed by atoms with E-state index in [0.29, 0.717) is 5.75 Å². The number of ether oxygens (including phenoxy) is 2. The van der Waals surface area contributed by atoms with Crippen LogP contribution in [0, 0.1) is 0 Å². The SMILES string of the molecule is Cl.N[C@H](c1cccc2c1OCO2)C(F)(F)CO. The fourth-order valence-corrected chi connectivity index (χ4v) is 1.52. The van der Waals surface area contributed by atoms with E-state index in [0.717, 1.165) is 0 Å². The van der Waals surface area contributed by atoms with Crippen LogP contribution in [0.1, 0.15) is 11.6 Å². The highest BCUT2D eigenvalue weighted by Gasteiger charge is 2.40. The number of alkyl halides is 2. The van der Waals surface area contributed by atoms with Crippen molar-refractivity contribution >= 4 is 12.4 Å². The molecule has 96 valence electrons. The third-order valence-electron chi connectivity index (χ3n) is 2.43. The Balaban J connectivity index is 0.00000144. The summed E-state index contributed by atoms with van der Waals surface area (Å²) in [6.07, 6.45) is 0. The molecule has 7 heteroatoms. The molecule has 1 aromatic rings. The first-order chi connectivity index (χ1) is 7.56. The number of aliphatic hydroxyl groups is 1. The minimum absolute atomic E-state index is 0. The first-order valence-electron chi connectivity index (χ1n) is 4.69. The number of aliphatic hydroxyl groups excluding tert-OH is 1. The molecular formula is C10H12ClF2NO3. The lowest BCUT2D eigenvalue weighted by Crippen LogP contribution is -2.36. The van der Waals surface area contributed by atoms with E-state index in [9.17, 15) is 8.78 Å². The molecule has 0 spiro atoms. The van der Waals surface area contributed by atoms with Crippen molar-refractivity contribution < 1.29 is 23.4 Å². The van der Waals surface area contributed by atoms with Gasteiger partial charge in [-0.1, -0.05) is 12.1 Å². The van der Waals surface area contributed by atoms with Crippen LogP contribution < -0.4 is 15.2 Å². The highest BCUT2D eigenvalue weighted by atomic mass is 35.5. The molecule has 17 heavy (non-hydrogen) atoms. The van der Waals surface area contributed by atoms with Crippen LogP contribution in [0.3, 0.4) is 0 Å². The van der Waals surface area contributed by atoms with Crippen molar-refractivity contribution in [3.8, 4) is 11.5 Å². The summed E-state index contributed by atoms with van der Waals surface area (Å²) >= 11 is 0. The quantitative estimate of drug-likeness (QED) is 0.870. The summed E-state index contributed by atoms with van der Waals surface area (Å²) in [6, 6.07) is 2.97. The molecule has 0 amide bonds. The van der Waals surface area contributed by atoms with Crippen LogP contribution in [-0.4, -0.2) is 24.4 Å². The smallest absolute Gasteiger partial charge is 0.289 e. The van der Waals surface area contributed by atoms with E-state index in [2.05, 4.69) is 0 Å². The zero-order valence-electron chi connectivity index (χ0n) is 8.73. The van der Waals surface area contributed by atoms with Gasteiger partial charge in [0.25, 0.3) is 5.92 Å². The van der Waals surface area contributed by atoms with Crippen molar-refractivity contribution in [3.05, 3.63) is 23.8 Å². The number of hydrogen-bond acceptors (Lipinski definition) is 4. The second-order valence-electron chi connectivity index (χ2n) is 3.48. The third kappa shape index (κ3) is 2.43. The molecule has 4 nitrogen and oxygen atoms in total. The molecule has 0 unspecified atom stereocenters. The number of nitrogens with two attached hydrogens (primary N) is 1. The monoisotopic (exact) mass is 267 g/mol. The molecule has 1 atom stereocenters.